The summed E-state index contributed by atoms with van der Waals surface area (Å²) in [5, 5.41) is 0. The Labute approximate surface area is 96.8 Å². The topological polar surface area (TPSA) is 35.5 Å². The predicted octanol–water partition coefficient (Wildman–Crippen LogP) is 2.46. The Hall–Kier alpha value is -0.670. The molecule has 2 rings (SSSR count). The average molecular weight is 224 g/mol. The molecule has 1 heterocycles. The molecule has 0 atom stereocenters. The predicted molar refractivity (Wildman–Crippen MR) is 61.0 cm³/mol. The van der Waals surface area contributed by atoms with Crippen LogP contribution in [-0.4, -0.2) is 24.8 Å². The van der Waals surface area contributed by atoms with Crippen LogP contribution in [0.5, 0.6) is 0 Å². The number of carbonyl (C=O) groups excluding carboxylic acids is 1. The zero-order valence-corrected chi connectivity index (χ0v) is 10.3. The van der Waals surface area contributed by atoms with Crippen molar-refractivity contribution in [3.05, 3.63) is 11.6 Å². The highest BCUT2D eigenvalue weighted by Crippen LogP contribution is 2.40. The van der Waals surface area contributed by atoms with Crippen molar-refractivity contribution in [2.24, 2.45) is 5.41 Å². The molecule has 1 saturated carbocycles. The van der Waals surface area contributed by atoms with Gasteiger partial charge in [-0.2, -0.15) is 0 Å². The van der Waals surface area contributed by atoms with E-state index in [0.29, 0.717) is 26.1 Å². The fourth-order valence-electron chi connectivity index (χ4n) is 2.43. The third kappa shape index (κ3) is 2.20. The summed E-state index contributed by atoms with van der Waals surface area (Å²) >= 11 is 0. The van der Waals surface area contributed by atoms with E-state index in [1.54, 1.807) is 0 Å². The number of rotatable bonds is 2. The largest absolute Gasteiger partial charge is 0.348 e. The van der Waals surface area contributed by atoms with Crippen LogP contribution >= 0.6 is 0 Å². The van der Waals surface area contributed by atoms with Crippen molar-refractivity contribution in [3.63, 3.8) is 0 Å². The quantitative estimate of drug-likeness (QED) is 0.676. The van der Waals surface area contributed by atoms with E-state index in [9.17, 15) is 4.79 Å². The van der Waals surface area contributed by atoms with E-state index in [1.807, 2.05) is 13.0 Å². The highest BCUT2D eigenvalue weighted by atomic mass is 16.7. The fraction of sp³-hybridized carbons (Fsp3) is 0.769. The first-order valence-electron chi connectivity index (χ1n) is 5.95. The molecule has 1 aliphatic carbocycles. The van der Waals surface area contributed by atoms with Gasteiger partial charge in [-0.25, -0.2) is 0 Å². The molecule has 2 aliphatic rings. The Morgan fingerprint density at radius 1 is 1.25 bits per heavy atom. The van der Waals surface area contributed by atoms with Gasteiger partial charge >= 0.3 is 0 Å². The summed E-state index contributed by atoms with van der Waals surface area (Å²) in [7, 11) is 0. The van der Waals surface area contributed by atoms with E-state index in [-0.39, 0.29) is 11.2 Å². The summed E-state index contributed by atoms with van der Waals surface area (Å²) in [6.07, 6.45) is 4.31. The zero-order valence-electron chi connectivity index (χ0n) is 10.3. The van der Waals surface area contributed by atoms with Crippen LogP contribution in [0.3, 0.4) is 0 Å². The molecule has 0 bridgehead atoms. The molecule has 1 aliphatic heterocycles. The maximum absolute atomic E-state index is 11.7. The van der Waals surface area contributed by atoms with Crippen LogP contribution in [-0.2, 0) is 14.3 Å². The normalized spacial score (nSPS) is 30.2. The first-order valence-corrected chi connectivity index (χ1v) is 5.95. The second-order valence-corrected chi connectivity index (χ2v) is 5.46. The highest BCUT2D eigenvalue weighted by molar-refractivity contribution is 5.98. The van der Waals surface area contributed by atoms with Crippen LogP contribution in [0.1, 0.15) is 40.0 Å². The van der Waals surface area contributed by atoms with Gasteiger partial charge in [0, 0.05) is 12.8 Å². The van der Waals surface area contributed by atoms with Crippen molar-refractivity contribution < 1.29 is 14.3 Å². The average Bonchev–Trinajstić information content (AvgIpc) is 2.71. The molecular weight excluding hydrogens is 204 g/mol. The molecule has 3 nitrogen and oxygen atoms in total. The first kappa shape index (κ1) is 11.8. The summed E-state index contributed by atoms with van der Waals surface area (Å²) < 4.78 is 11.1. The molecule has 3 heteroatoms. The van der Waals surface area contributed by atoms with E-state index < -0.39 is 5.79 Å². The summed E-state index contributed by atoms with van der Waals surface area (Å²) in [5.41, 5.74) is 0.972. The smallest absolute Gasteiger partial charge is 0.169 e. The SMILES string of the molecule is CC1(C/C=C2\C(=O)CCC2(C)C)OCCO1. The van der Waals surface area contributed by atoms with Crippen molar-refractivity contribution >= 4 is 5.78 Å². The molecule has 0 spiro atoms. The molecule has 1 saturated heterocycles. The lowest BCUT2D eigenvalue weighted by atomic mass is 9.86. The minimum Gasteiger partial charge on any atom is -0.348 e. The molecule has 90 valence electrons. The van der Waals surface area contributed by atoms with E-state index in [4.69, 9.17) is 9.47 Å². The van der Waals surface area contributed by atoms with Crippen LogP contribution in [0, 0.1) is 5.41 Å². The minimum absolute atomic E-state index is 0.0199. The summed E-state index contributed by atoms with van der Waals surface area (Å²) in [6, 6.07) is 0. The third-order valence-corrected chi connectivity index (χ3v) is 3.58. The van der Waals surface area contributed by atoms with Crippen LogP contribution in [0.15, 0.2) is 11.6 Å². The maximum atomic E-state index is 11.7. The molecule has 0 aromatic carbocycles. The van der Waals surface area contributed by atoms with E-state index in [2.05, 4.69) is 13.8 Å². The number of ketones is 1. The number of Topliss-reactive ketones (excluding diaryl/α,β-unsaturated/α-hetero) is 1. The Kier molecular flexibility index (Phi) is 2.93. The lowest BCUT2D eigenvalue weighted by molar-refractivity contribution is -0.138. The number of ether oxygens (including phenoxy) is 2. The summed E-state index contributed by atoms with van der Waals surface area (Å²) in [6.45, 7) is 7.49. The monoisotopic (exact) mass is 224 g/mol. The van der Waals surface area contributed by atoms with Gasteiger partial charge in [0.25, 0.3) is 0 Å². The number of allylic oxidation sites excluding steroid dienone is 1. The molecule has 0 N–H and O–H groups in total. The van der Waals surface area contributed by atoms with Gasteiger partial charge in [0.1, 0.15) is 0 Å². The van der Waals surface area contributed by atoms with E-state index in [1.165, 1.54) is 0 Å². The Balaban J connectivity index is 2.09. The Bertz CT molecular complexity index is 322. The van der Waals surface area contributed by atoms with Gasteiger partial charge in [0.05, 0.1) is 13.2 Å². The van der Waals surface area contributed by atoms with Gasteiger partial charge in [-0.1, -0.05) is 19.9 Å². The van der Waals surface area contributed by atoms with Gasteiger partial charge in [-0.05, 0) is 24.3 Å². The summed E-state index contributed by atoms with van der Waals surface area (Å²) in [5.74, 6) is -0.238. The van der Waals surface area contributed by atoms with Gasteiger partial charge in [-0.15, -0.1) is 0 Å². The molecule has 16 heavy (non-hydrogen) atoms. The van der Waals surface area contributed by atoms with Crippen LogP contribution in [0.4, 0.5) is 0 Å². The zero-order chi connectivity index (χ0) is 11.8. The molecular formula is C13H20O3. The third-order valence-electron chi connectivity index (χ3n) is 3.58. The van der Waals surface area contributed by atoms with Crippen LogP contribution in [0.25, 0.3) is 0 Å². The van der Waals surface area contributed by atoms with Crippen molar-refractivity contribution in [2.75, 3.05) is 13.2 Å². The van der Waals surface area contributed by atoms with Gasteiger partial charge in [0.15, 0.2) is 11.6 Å². The van der Waals surface area contributed by atoms with Crippen molar-refractivity contribution in [1.29, 1.82) is 0 Å². The van der Waals surface area contributed by atoms with E-state index >= 15 is 0 Å². The fourth-order valence-corrected chi connectivity index (χ4v) is 2.43. The van der Waals surface area contributed by atoms with E-state index in [0.717, 1.165) is 12.0 Å². The molecule has 2 fully saturated rings. The molecule has 0 aromatic rings. The molecule has 0 unspecified atom stereocenters. The Morgan fingerprint density at radius 2 is 1.88 bits per heavy atom. The maximum Gasteiger partial charge on any atom is 0.169 e. The van der Waals surface area contributed by atoms with Crippen LogP contribution in [0.2, 0.25) is 0 Å². The summed E-state index contributed by atoms with van der Waals surface area (Å²) in [4.78, 5) is 11.7. The lowest BCUT2D eigenvalue weighted by Gasteiger charge is -2.23. The van der Waals surface area contributed by atoms with Crippen molar-refractivity contribution in [2.45, 2.75) is 45.8 Å². The minimum atomic E-state index is -0.522. The molecule has 0 radical (unpaired) electrons. The standard InChI is InChI=1S/C13H20O3/c1-12(2)6-5-11(14)10(12)4-7-13(3)15-8-9-16-13/h4H,5-9H2,1-3H3/b10-4+. The number of hydrogen-bond donors (Lipinski definition) is 0. The first-order chi connectivity index (χ1) is 7.43. The second kappa shape index (κ2) is 3.97. The van der Waals surface area contributed by atoms with Crippen LogP contribution < -0.4 is 0 Å². The van der Waals surface area contributed by atoms with Gasteiger partial charge < -0.3 is 9.47 Å². The highest BCUT2D eigenvalue weighted by Gasteiger charge is 2.37. The van der Waals surface area contributed by atoms with Gasteiger partial charge in [0.2, 0.25) is 0 Å². The van der Waals surface area contributed by atoms with Crippen molar-refractivity contribution in [1.82, 2.24) is 0 Å². The lowest BCUT2D eigenvalue weighted by Crippen LogP contribution is -2.25. The number of carbonyl (C=O) groups is 1. The van der Waals surface area contributed by atoms with Gasteiger partial charge in [-0.3, -0.25) is 4.79 Å². The number of hydrogen-bond acceptors (Lipinski definition) is 3. The molecule has 0 aromatic heterocycles. The Morgan fingerprint density at radius 3 is 2.38 bits per heavy atom. The molecule has 0 amide bonds. The second-order valence-electron chi connectivity index (χ2n) is 5.46. The van der Waals surface area contributed by atoms with Crippen molar-refractivity contribution in [3.8, 4) is 0 Å².